The van der Waals surface area contributed by atoms with Crippen LogP contribution in [0.15, 0.2) is 17.1 Å². The molecule has 4 unspecified atom stereocenters. The van der Waals surface area contributed by atoms with Crippen LogP contribution in [0, 0.1) is 5.82 Å². The summed E-state index contributed by atoms with van der Waals surface area (Å²) < 4.78 is 38.2. The fraction of sp³-hybridized carbons (Fsp3) is 0.500. The Morgan fingerprint density at radius 2 is 2.13 bits per heavy atom. The number of pyridine rings is 1. The number of anilines is 1. The van der Waals surface area contributed by atoms with Gasteiger partial charge in [0.25, 0.3) is 12.0 Å². The Bertz CT molecular complexity index is 661. The summed E-state index contributed by atoms with van der Waals surface area (Å²) in [6.45, 7) is -0.981. The molecule has 0 saturated carbocycles. The Balaban J connectivity index is 2.18. The smallest absolute Gasteiger partial charge is 0.286 e. The van der Waals surface area contributed by atoms with Crippen LogP contribution in [-0.4, -0.2) is 38.3 Å². The predicted octanol–water partition coefficient (Wildman–Crippen LogP) is 1.81. The second kappa shape index (κ2) is 7.33. The van der Waals surface area contributed by atoms with E-state index < -0.39 is 51.6 Å². The van der Waals surface area contributed by atoms with Gasteiger partial charge in [0.1, 0.15) is 5.25 Å². The Morgan fingerprint density at radius 1 is 1.48 bits per heavy atom. The average Bonchev–Trinajstić information content (AvgIpc) is 2.71. The highest BCUT2D eigenvalue weighted by Gasteiger charge is 2.43. The number of rotatable bonds is 4. The first-order valence-electron chi connectivity index (χ1n) is 6.39. The topological polar surface area (TPSA) is 77.1 Å². The number of hydrogen-bond acceptors (Lipinski definition) is 4. The summed E-state index contributed by atoms with van der Waals surface area (Å²) in [4.78, 5) is 23.6. The Morgan fingerprint density at radius 3 is 2.65 bits per heavy atom. The van der Waals surface area contributed by atoms with E-state index in [2.05, 4.69) is 5.32 Å². The Hall–Kier alpha value is -0.900. The number of thioether (sulfide) groups is 1. The van der Waals surface area contributed by atoms with E-state index in [9.17, 15) is 22.8 Å². The molecule has 4 atom stereocenters. The van der Waals surface area contributed by atoms with Crippen LogP contribution in [0.2, 0.25) is 0 Å². The number of nitrogens with one attached hydrogen (secondary N) is 1. The molecule has 1 aliphatic rings. The van der Waals surface area contributed by atoms with Crippen molar-refractivity contribution in [1.82, 2.24) is 4.57 Å². The van der Waals surface area contributed by atoms with Gasteiger partial charge in [-0.1, -0.05) is 0 Å². The van der Waals surface area contributed by atoms with Crippen molar-refractivity contribution >= 4 is 46.6 Å². The van der Waals surface area contributed by atoms with Crippen molar-refractivity contribution in [2.45, 2.75) is 34.3 Å². The van der Waals surface area contributed by atoms with E-state index >= 15 is 0 Å². The molecular weight excluding hydrogens is 378 g/mol. The van der Waals surface area contributed by atoms with Crippen molar-refractivity contribution in [2.75, 3.05) is 5.32 Å². The van der Waals surface area contributed by atoms with Crippen LogP contribution in [0.5, 0.6) is 0 Å². The van der Waals surface area contributed by atoms with Gasteiger partial charge in [-0.25, -0.2) is 13.2 Å². The molecule has 1 aromatic rings. The van der Waals surface area contributed by atoms with Crippen molar-refractivity contribution < 1.29 is 18.0 Å². The number of alkyl halides is 4. The van der Waals surface area contributed by atoms with Gasteiger partial charge in [0.15, 0.2) is 5.82 Å². The first kappa shape index (κ1) is 18.4. The fourth-order valence-electron chi connectivity index (χ4n) is 2.05. The van der Waals surface area contributed by atoms with E-state index in [0.717, 1.165) is 24.0 Å². The molecule has 5 nitrogen and oxygen atoms in total. The maximum Gasteiger partial charge on any atom is 0.286 e. The van der Waals surface area contributed by atoms with E-state index in [0.29, 0.717) is 4.57 Å². The van der Waals surface area contributed by atoms with Crippen LogP contribution >= 0.6 is 35.0 Å². The van der Waals surface area contributed by atoms with Crippen LogP contribution in [0.1, 0.15) is 0 Å². The van der Waals surface area contributed by atoms with Gasteiger partial charge in [-0.2, -0.15) is 0 Å². The van der Waals surface area contributed by atoms with E-state index in [-0.39, 0.29) is 5.69 Å². The lowest BCUT2D eigenvalue weighted by atomic mass is 10.1. The van der Waals surface area contributed by atoms with E-state index in [4.69, 9.17) is 28.9 Å². The van der Waals surface area contributed by atoms with Crippen molar-refractivity contribution in [1.29, 1.82) is 0 Å². The van der Waals surface area contributed by atoms with Crippen molar-refractivity contribution in [3.63, 3.8) is 0 Å². The lowest BCUT2D eigenvalue weighted by molar-refractivity contribution is -0.115. The fourth-order valence-corrected chi connectivity index (χ4v) is 4.10. The molecular formula is C12H12Cl2F3N3O2S. The van der Waals surface area contributed by atoms with Gasteiger partial charge in [-0.05, 0) is 0 Å². The van der Waals surface area contributed by atoms with Gasteiger partial charge in [0.05, 0.1) is 22.3 Å². The van der Waals surface area contributed by atoms with Gasteiger partial charge >= 0.3 is 0 Å². The molecule has 3 N–H and O–H groups in total. The van der Waals surface area contributed by atoms with Crippen LogP contribution in [0.3, 0.4) is 0 Å². The van der Waals surface area contributed by atoms with E-state index in [1.54, 1.807) is 0 Å². The molecule has 0 aliphatic carbocycles. The first-order chi connectivity index (χ1) is 10.7. The molecule has 2 rings (SSSR count). The SMILES string of the molecule is NC1C(C(=O)Nc2cc(F)c(=O)n(CC(F)F)c2)SC(Cl)C1Cl. The molecule has 23 heavy (non-hydrogen) atoms. The van der Waals surface area contributed by atoms with Gasteiger partial charge in [0.2, 0.25) is 5.91 Å². The minimum atomic E-state index is -2.84. The molecule has 2 heterocycles. The monoisotopic (exact) mass is 389 g/mol. The maximum absolute atomic E-state index is 13.5. The lowest BCUT2D eigenvalue weighted by Crippen LogP contribution is -2.42. The molecule has 0 aromatic carbocycles. The summed E-state index contributed by atoms with van der Waals surface area (Å²) >= 11 is 12.9. The van der Waals surface area contributed by atoms with Gasteiger partial charge in [-0.15, -0.1) is 35.0 Å². The second-order valence-electron chi connectivity index (χ2n) is 4.84. The number of carbonyl (C=O) groups is 1. The van der Waals surface area contributed by atoms with Crippen LogP contribution in [-0.2, 0) is 11.3 Å². The number of nitrogens with zero attached hydrogens (tertiary/aromatic N) is 1. The van der Waals surface area contributed by atoms with Gasteiger partial charge < -0.3 is 15.6 Å². The molecule has 0 bridgehead atoms. The number of amides is 1. The highest BCUT2D eigenvalue weighted by Crippen LogP contribution is 2.39. The van der Waals surface area contributed by atoms with Crippen molar-refractivity contribution in [3.05, 3.63) is 28.4 Å². The molecule has 0 radical (unpaired) electrons. The number of halogens is 5. The summed E-state index contributed by atoms with van der Waals surface area (Å²) in [6.07, 6.45) is -1.90. The van der Waals surface area contributed by atoms with Crippen LogP contribution in [0.25, 0.3) is 0 Å². The van der Waals surface area contributed by atoms with Crippen molar-refractivity contribution in [3.8, 4) is 0 Å². The highest BCUT2D eigenvalue weighted by molar-refractivity contribution is 8.02. The summed E-state index contributed by atoms with van der Waals surface area (Å²) in [7, 11) is 0. The molecule has 0 spiro atoms. The summed E-state index contributed by atoms with van der Waals surface area (Å²) in [5.41, 5.74) is 4.46. The van der Waals surface area contributed by atoms with Crippen molar-refractivity contribution in [2.24, 2.45) is 5.73 Å². The minimum Gasteiger partial charge on any atom is -0.325 e. The Kier molecular flexibility index (Phi) is 5.88. The highest BCUT2D eigenvalue weighted by atomic mass is 35.5. The zero-order valence-electron chi connectivity index (χ0n) is 11.4. The predicted molar refractivity (Wildman–Crippen MR) is 83.9 cm³/mol. The van der Waals surface area contributed by atoms with Crippen LogP contribution in [0.4, 0.5) is 18.9 Å². The molecule has 1 aliphatic heterocycles. The summed E-state index contributed by atoms with van der Waals surface area (Å²) in [5.74, 6) is -1.85. The molecule has 128 valence electrons. The second-order valence-corrected chi connectivity index (χ2v) is 7.37. The van der Waals surface area contributed by atoms with Crippen LogP contribution < -0.4 is 16.6 Å². The van der Waals surface area contributed by atoms with E-state index in [1.807, 2.05) is 0 Å². The Labute approximate surface area is 143 Å². The van der Waals surface area contributed by atoms with E-state index in [1.165, 1.54) is 0 Å². The molecule has 1 fully saturated rings. The molecule has 1 aromatic heterocycles. The third-order valence-electron chi connectivity index (χ3n) is 3.15. The molecule has 1 saturated heterocycles. The third kappa shape index (κ3) is 4.14. The van der Waals surface area contributed by atoms with Gasteiger partial charge in [0, 0.05) is 18.3 Å². The standard InChI is InChI=1S/C12H12Cl2F3N3O2S/c13-7-8(18)9(23-10(7)14)11(21)19-4-1-5(15)12(22)20(2-4)3-6(16)17/h1-2,6-10H,3,18H2,(H,19,21). The summed E-state index contributed by atoms with van der Waals surface area (Å²) in [5, 5.41) is 0.933. The minimum absolute atomic E-state index is 0.135. The van der Waals surface area contributed by atoms with Gasteiger partial charge in [-0.3, -0.25) is 9.59 Å². The number of aromatic nitrogens is 1. The number of carbonyl (C=O) groups excluding carboxylic acids is 1. The molecule has 11 heteroatoms. The summed E-state index contributed by atoms with van der Waals surface area (Å²) in [6, 6.07) is 0.0324. The number of hydrogen-bond donors (Lipinski definition) is 2. The zero-order valence-corrected chi connectivity index (χ0v) is 13.7. The lowest BCUT2D eigenvalue weighted by Gasteiger charge is -2.16. The quantitative estimate of drug-likeness (QED) is 0.769. The maximum atomic E-state index is 13.5. The number of nitrogens with two attached hydrogens (primary N) is 1. The zero-order chi connectivity index (χ0) is 17.3. The first-order valence-corrected chi connectivity index (χ1v) is 8.20. The largest absolute Gasteiger partial charge is 0.325 e. The third-order valence-corrected chi connectivity index (χ3v) is 5.92. The molecule has 1 amide bonds. The average molecular weight is 390 g/mol. The normalized spacial score (nSPS) is 27.4.